The van der Waals surface area contributed by atoms with E-state index >= 15 is 0 Å². The van der Waals surface area contributed by atoms with E-state index in [1.165, 1.54) is 0 Å². The zero-order valence-electron chi connectivity index (χ0n) is 16.2. The van der Waals surface area contributed by atoms with E-state index in [9.17, 15) is 14.9 Å². The van der Waals surface area contributed by atoms with Gasteiger partial charge in [-0.05, 0) is 23.3 Å². The number of hydrogen-bond acceptors (Lipinski definition) is 3. The number of amides is 1. The summed E-state index contributed by atoms with van der Waals surface area (Å²) in [5.74, 6) is -1.52. The Kier molecular flexibility index (Phi) is 5.45. The molecular weight excluding hydrogens is 416 g/mol. The van der Waals surface area contributed by atoms with Gasteiger partial charge in [0.05, 0.1) is 12.0 Å². The number of carbonyl (C=O) groups excluding carboxylic acids is 2. The minimum absolute atomic E-state index is 0.0585. The molecule has 3 unspecified atom stereocenters. The summed E-state index contributed by atoms with van der Waals surface area (Å²) in [4.78, 5) is 26.2. The van der Waals surface area contributed by atoms with Crippen molar-refractivity contribution in [2.75, 3.05) is 0 Å². The third-order valence-corrected chi connectivity index (χ3v) is 5.84. The maximum atomic E-state index is 13.1. The van der Waals surface area contributed by atoms with Crippen molar-refractivity contribution in [3.05, 3.63) is 70.2 Å². The highest BCUT2D eigenvalue weighted by Crippen LogP contribution is 2.66. The number of nitriles is 1. The van der Waals surface area contributed by atoms with Gasteiger partial charge in [-0.3, -0.25) is 9.59 Å². The molecule has 0 saturated heterocycles. The maximum absolute atomic E-state index is 13.1. The predicted molar refractivity (Wildman–Crippen MR) is 111 cm³/mol. The van der Waals surface area contributed by atoms with Crippen molar-refractivity contribution in [1.82, 2.24) is 5.32 Å². The van der Waals surface area contributed by atoms with Crippen LogP contribution in [0.1, 0.15) is 37.8 Å². The molecule has 0 heterocycles. The van der Waals surface area contributed by atoms with Gasteiger partial charge in [0.2, 0.25) is 5.91 Å². The molecule has 28 heavy (non-hydrogen) atoms. The minimum Gasteiger partial charge on any atom is -0.351 e. The van der Waals surface area contributed by atoms with Crippen LogP contribution in [0.3, 0.4) is 0 Å². The number of nitrogens with one attached hydrogen (secondary N) is 1. The smallest absolute Gasteiger partial charge is 0.242 e. The summed E-state index contributed by atoms with van der Waals surface area (Å²) in [6, 6.07) is 19.2. The lowest BCUT2D eigenvalue weighted by atomic mass is 9.85. The predicted octanol–water partition coefficient (Wildman–Crippen LogP) is 4.60. The summed E-state index contributed by atoms with van der Waals surface area (Å²) < 4.78 is 0.909. The number of rotatable bonds is 5. The molecule has 2 aromatic rings. The summed E-state index contributed by atoms with van der Waals surface area (Å²) in [7, 11) is 0. The second kappa shape index (κ2) is 7.52. The molecule has 144 valence electrons. The molecule has 0 spiro atoms. The first-order chi connectivity index (χ1) is 13.2. The van der Waals surface area contributed by atoms with E-state index in [0.717, 1.165) is 15.6 Å². The summed E-state index contributed by atoms with van der Waals surface area (Å²) >= 11 is 3.40. The van der Waals surface area contributed by atoms with Crippen molar-refractivity contribution in [3.8, 4) is 6.07 Å². The zero-order chi connectivity index (χ0) is 20.5. The highest BCUT2D eigenvalue weighted by molar-refractivity contribution is 9.10. The molecule has 0 aliphatic heterocycles. The molecule has 2 aromatic carbocycles. The standard InChI is InChI=1S/C23H23BrN2O2/c1-22(2,3)20(27)19-18(16-9-11-17(24)12-10-16)23(19,14-25)21(28)26-13-15-7-5-4-6-8-15/h4-12,18-19H,13H2,1-3H3,(H,26,28). The summed E-state index contributed by atoms with van der Waals surface area (Å²) in [5.41, 5.74) is -0.213. The van der Waals surface area contributed by atoms with Crippen LogP contribution in [0.5, 0.6) is 0 Å². The first-order valence-corrected chi connectivity index (χ1v) is 10.0. The van der Waals surface area contributed by atoms with Crippen LogP contribution >= 0.6 is 15.9 Å². The fourth-order valence-corrected chi connectivity index (χ4v) is 4.00. The fraction of sp³-hybridized carbons (Fsp3) is 0.348. The van der Waals surface area contributed by atoms with Crippen molar-refractivity contribution in [1.29, 1.82) is 5.26 Å². The Morgan fingerprint density at radius 1 is 1.11 bits per heavy atom. The number of ketones is 1. The van der Waals surface area contributed by atoms with Gasteiger partial charge in [-0.15, -0.1) is 0 Å². The normalized spacial score (nSPS) is 23.5. The average Bonchev–Trinajstić information content (AvgIpc) is 3.36. The number of carbonyl (C=O) groups is 2. The number of nitrogens with zero attached hydrogens (tertiary/aromatic N) is 1. The molecule has 0 radical (unpaired) electrons. The van der Waals surface area contributed by atoms with Crippen LogP contribution in [0.2, 0.25) is 0 Å². The Bertz CT molecular complexity index is 926. The molecule has 5 heteroatoms. The van der Waals surface area contributed by atoms with E-state index in [4.69, 9.17) is 0 Å². The van der Waals surface area contributed by atoms with Crippen molar-refractivity contribution >= 4 is 27.6 Å². The van der Waals surface area contributed by atoms with Crippen LogP contribution in [0, 0.1) is 28.1 Å². The first kappa shape index (κ1) is 20.3. The molecule has 1 fully saturated rings. The van der Waals surface area contributed by atoms with Gasteiger partial charge in [-0.25, -0.2) is 0 Å². The van der Waals surface area contributed by atoms with Gasteiger partial charge in [0.1, 0.15) is 5.78 Å². The van der Waals surface area contributed by atoms with Gasteiger partial charge in [0, 0.05) is 22.4 Å². The third-order valence-electron chi connectivity index (χ3n) is 5.31. The van der Waals surface area contributed by atoms with Crippen molar-refractivity contribution < 1.29 is 9.59 Å². The number of hydrogen-bond donors (Lipinski definition) is 1. The van der Waals surface area contributed by atoms with Crippen LogP contribution in [-0.2, 0) is 16.1 Å². The van der Waals surface area contributed by atoms with Crippen LogP contribution < -0.4 is 5.32 Å². The van der Waals surface area contributed by atoms with E-state index in [1.807, 2.05) is 75.4 Å². The lowest BCUT2D eigenvalue weighted by Gasteiger charge is -2.17. The van der Waals surface area contributed by atoms with E-state index in [-0.39, 0.29) is 11.7 Å². The van der Waals surface area contributed by atoms with Crippen LogP contribution in [0.15, 0.2) is 59.1 Å². The van der Waals surface area contributed by atoms with Gasteiger partial charge in [-0.2, -0.15) is 5.26 Å². The molecule has 1 aliphatic carbocycles. The van der Waals surface area contributed by atoms with E-state index in [0.29, 0.717) is 6.54 Å². The molecule has 3 rings (SSSR count). The van der Waals surface area contributed by atoms with Crippen LogP contribution in [0.25, 0.3) is 0 Å². The number of benzene rings is 2. The first-order valence-electron chi connectivity index (χ1n) is 9.25. The lowest BCUT2D eigenvalue weighted by molar-refractivity contribution is -0.132. The Morgan fingerprint density at radius 2 is 1.71 bits per heavy atom. The largest absolute Gasteiger partial charge is 0.351 e. The van der Waals surface area contributed by atoms with E-state index in [1.54, 1.807) is 0 Å². The second-order valence-corrected chi connectivity index (χ2v) is 9.19. The number of halogens is 1. The summed E-state index contributed by atoms with van der Waals surface area (Å²) in [5, 5.41) is 12.9. The maximum Gasteiger partial charge on any atom is 0.242 e. The van der Waals surface area contributed by atoms with Gasteiger partial charge in [0.25, 0.3) is 0 Å². The fourth-order valence-electron chi connectivity index (χ4n) is 3.73. The van der Waals surface area contributed by atoms with Gasteiger partial charge < -0.3 is 5.32 Å². The third kappa shape index (κ3) is 3.62. The van der Waals surface area contributed by atoms with E-state index in [2.05, 4.69) is 27.3 Å². The highest BCUT2D eigenvalue weighted by Gasteiger charge is 2.74. The molecule has 1 N–H and O–H groups in total. The Morgan fingerprint density at radius 3 is 2.25 bits per heavy atom. The molecule has 0 bridgehead atoms. The monoisotopic (exact) mass is 438 g/mol. The van der Waals surface area contributed by atoms with E-state index < -0.39 is 22.7 Å². The summed E-state index contributed by atoms with van der Waals surface area (Å²) in [6.45, 7) is 5.81. The van der Waals surface area contributed by atoms with Gasteiger partial charge >= 0.3 is 0 Å². The zero-order valence-corrected chi connectivity index (χ0v) is 17.8. The van der Waals surface area contributed by atoms with Crippen LogP contribution in [-0.4, -0.2) is 11.7 Å². The quantitative estimate of drug-likeness (QED) is 0.740. The Balaban J connectivity index is 1.92. The molecule has 4 nitrogen and oxygen atoms in total. The second-order valence-electron chi connectivity index (χ2n) is 8.27. The Hall–Kier alpha value is -2.45. The highest BCUT2D eigenvalue weighted by atomic mass is 79.9. The minimum atomic E-state index is -1.37. The average molecular weight is 439 g/mol. The number of Topliss-reactive ketones (excluding diaryl/α,β-unsaturated/α-hetero) is 1. The topological polar surface area (TPSA) is 70.0 Å². The molecule has 0 aromatic heterocycles. The summed E-state index contributed by atoms with van der Waals surface area (Å²) in [6.07, 6.45) is 0. The van der Waals surface area contributed by atoms with Crippen LogP contribution in [0.4, 0.5) is 0 Å². The molecule has 1 saturated carbocycles. The van der Waals surface area contributed by atoms with Gasteiger partial charge in [-0.1, -0.05) is 79.2 Å². The SMILES string of the molecule is CC(C)(C)C(=O)C1C(c2ccc(Br)cc2)C1(C#N)C(=O)NCc1ccccc1. The van der Waals surface area contributed by atoms with Crippen molar-refractivity contribution in [2.24, 2.45) is 16.7 Å². The molecule has 1 amide bonds. The van der Waals surface area contributed by atoms with Gasteiger partial charge in [0.15, 0.2) is 5.41 Å². The lowest BCUT2D eigenvalue weighted by Crippen LogP contribution is -2.35. The molecule has 1 aliphatic rings. The molecular formula is C23H23BrN2O2. The Labute approximate surface area is 174 Å². The van der Waals surface area contributed by atoms with Crippen molar-refractivity contribution in [3.63, 3.8) is 0 Å². The molecule has 3 atom stereocenters. The van der Waals surface area contributed by atoms with Crippen molar-refractivity contribution in [2.45, 2.75) is 33.2 Å².